The molecule has 0 aliphatic heterocycles. The molecular weight excluding hydrogens is 164 g/mol. The first kappa shape index (κ1) is 12.5. The normalized spacial score (nSPS) is 13.7. The van der Waals surface area contributed by atoms with Crippen LogP contribution in [0.2, 0.25) is 0 Å². The summed E-state index contributed by atoms with van der Waals surface area (Å²) in [5.41, 5.74) is 0. The average molecular weight is 186 g/mol. The number of carboxylic acids is 1. The molecule has 1 atom stereocenters. The van der Waals surface area contributed by atoms with Gasteiger partial charge in [0.1, 0.15) is 0 Å². The summed E-state index contributed by atoms with van der Waals surface area (Å²) in [6.07, 6.45) is 3.01. The van der Waals surface area contributed by atoms with Crippen molar-refractivity contribution in [1.82, 2.24) is 0 Å². The Morgan fingerprint density at radius 2 is 1.69 bits per heavy atom. The second-order valence-corrected chi connectivity index (χ2v) is 4.11. The molecule has 1 N–H and O–H groups in total. The molecule has 2 nitrogen and oxygen atoms in total. The number of aliphatic carboxylic acids is 1. The molecule has 0 saturated heterocycles. The molecule has 2 heteroatoms. The number of hydrogen-bond acceptors (Lipinski definition) is 1. The van der Waals surface area contributed by atoms with E-state index >= 15 is 0 Å². The highest BCUT2D eigenvalue weighted by molar-refractivity contribution is 5.70. The third-order valence-corrected chi connectivity index (χ3v) is 2.86. The van der Waals surface area contributed by atoms with Gasteiger partial charge in [-0.15, -0.1) is 0 Å². The first-order chi connectivity index (χ1) is 6.02. The summed E-state index contributed by atoms with van der Waals surface area (Å²) in [4.78, 5) is 10.9. The number of carbonyl (C=O) groups is 1. The van der Waals surface area contributed by atoms with E-state index in [1.165, 1.54) is 0 Å². The molecule has 0 aliphatic carbocycles. The van der Waals surface area contributed by atoms with Gasteiger partial charge in [-0.25, -0.2) is 0 Å². The number of rotatable bonds is 6. The summed E-state index contributed by atoms with van der Waals surface area (Å²) >= 11 is 0. The van der Waals surface area contributed by atoms with Crippen molar-refractivity contribution in [3.05, 3.63) is 0 Å². The van der Waals surface area contributed by atoms with E-state index in [9.17, 15) is 4.79 Å². The lowest BCUT2D eigenvalue weighted by Gasteiger charge is -2.21. The van der Waals surface area contributed by atoms with Gasteiger partial charge in [-0.1, -0.05) is 40.5 Å². The summed E-state index contributed by atoms with van der Waals surface area (Å²) in [6, 6.07) is 0. The molecule has 78 valence electrons. The van der Waals surface area contributed by atoms with Crippen molar-refractivity contribution < 1.29 is 9.90 Å². The summed E-state index contributed by atoms with van der Waals surface area (Å²) in [7, 11) is 0. The fourth-order valence-electron chi connectivity index (χ4n) is 1.64. The van der Waals surface area contributed by atoms with E-state index < -0.39 is 5.97 Å². The minimum atomic E-state index is -0.637. The van der Waals surface area contributed by atoms with Gasteiger partial charge in [0.15, 0.2) is 0 Å². The highest BCUT2D eigenvalue weighted by atomic mass is 16.4. The Morgan fingerprint density at radius 3 is 1.92 bits per heavy atom. The fraction of sp³-hybridized carbons (Fsp3) is 0.909. The predicted molar refractivity (Wildman–Crippen MR) is 54.7 cm³/mol. The van der Waals surface area contributed by atoms with Crippen LogP contribution in [0.1, 0.15) is 47.0 Å². The molecule has 0 heterocycles. The van der Waals surface area contributed by atoms with Crippen LogP contribution in [0.15, 0.2) is 0 Å². The van der Waals surface area contributed by atoms with Gasteiger partial charge in [-0.05, 0) is 18.3 Å². The topological polar surface area (TPSA) is 37.3 Å². The van der Waals surface area contributed by atoms with Crippen molar-refractivity contribution in [1.29, 1.82) is 0 Å². The molecule has 0 spiro atoms. The minimum absolute atomic E-state index is 0.162. The van der Waals surface area contributed by atoms with Crippen molar-refractivity contribution in [2.45, 2.75) is 47.0 Å². The van der Waals surface area contributed by atoms with E-state index in [0.717, 1.165) is 19.3 Å². The van der Waals surface area contributed by atoms with E-state index in [2.05, 4.69) is 13.8 Å². The molecule has 0 amide bonds. The van der Waals surface area contributed by atoms with Crippen molar-refractivity contribution in [2.24, 2.45) is 17.8 Å². The van der Waals surface area contributed by atoms with E-state index in [0.29, 0.717) is 5.92 Å². The quantitative estimate of drug-likeness (QED) is 0.691. The van der Waals surface area contributed by atoms with E-state index in [4.69, 9.17) is 5.11 Å². The van der Waals surface area contributed by atoms with Gasteiger partial charge >= 0.3 is 5.97 Å². The molecule has 0 aliphatic rings. The summed E-state index contributed by atoms with van der Waals surface area (Å²) < 4.78 is 0. The Bertz CT molecular complexity index is 148. The molecule has 0 aromatic heterocycles. The molecule has 0 aromatic carbocycles. The Balaban J connectivity index is 4.16. The Kier molecular flexibility index (Phi) is 5.76. The van der Waals surface area contributed by atoms with Gasteiger partial charge < -0.3 is 5.11 Å². The second-order valence-electron chi connectivity index (χ2n) is 4.11. The maximum absolute atomic E-state index is 10.9. The van der Waals surface area contributed by atoms with Crippen LogP contribution in [0.3, 0.4) is 0 Å². The second kappa shape index (κ2) is 6.01. The molecule has 0 saturated carbocycles. The molecule has 0 bridgehead atoms. The van der Waals surface area contributed by atoms with Crippen molar-refractivity contribution in [2.75, 3.05) is 0 Å². The van der Waals surface area contributed by atoms with Crippen molar-refractivity contribution >= 4 is 5.97 Å². The molecule has 1 unspecified atom stereocenters. The minimum Gasteiger partial charge on any atom is -0.481 e. The Hall–Kier alpha value is -0.530. The largest absolute Gasteiger partial charge is 0.481 e. The zero-order valence-electron chi connectivity index (χ0n) is 9.21. The molecule has 13 heavy (non-hydrogen) atoms. The van der Waals surface area contributed by atoms with Crippen LogP contribution >= 0.6 is 0 Å². The highest BCUT2D eigenvalue weighted by Gasteiger charge is 2.23. The molecule has 0 rings (SSSR count). The van der Waals surface area contributed by atoms with Crippen LogP contribution in [0.25, 0.3) is 0 Å². The third-order valence-electron chi connectivity index (χ3n) is 2.86. The number of hydrogen-bond donors (Lipinski definition) is 1. The lowest BCUT2D eigenvalue weighted by Crippen LogP contribution is -2.22. The first-order valence-corrected chi connectivity index (χ1v) is 5.25. The maximum Gasteiger partial charge on any atom is 0.306 e. The molecular formula is C11H22O2. The lowest BCUT2D eigenvalue weighted by molar-refractivity contribution is -0.144. The number of carboxylic acid groups (broad SMARTS) is 1. The Morgan fingerprint density at radius 1 is 1.23 bits per heavy atom. The predicted octanol–water partition coefficient (Wildman–Crippen LogP) is 3.17. The van der Waals surface area contributed by atoms with Gasteiger partial charge in [-0.2, -0.15) is 0 Å². The standard InChI is InChI=1S/C11H22O2/c1-5-9(6-2)7-10(8(3)4)11(12)13/h8-10H,5-7H2,1-4H3,(H,12,13). The van der Waals surface area contributed by atoms with Crippen LogP contribution in [0.4, 0.5) is 0 Å². The van der Waals surface area contributed by atoms with Crippen LogP contribution in [-0.4, -0.2) is 11.1 Å². The first-order valence-electron chi connectivity index (χ1n) is 5.25. The zero-order valence-corrected chi connectivity index (χ0v) is 9.21. The zero-order chi connectivity index (χ0) is 10.4. The van der Waals surface area contributed by atoms with Crippen LogP contribution in [0, 0.1) is 17.8 Å². The highest BCUT2D eigenvalue weighted by Crippen LogP contribution is 2.24. The van der Waals surface area contributed by atoms with E-state index in [1.54, 1.807) is 0 Å². The third kappa shape index (κ3) is 4.30. The van der Waals surface area contributed by atoms with Crippen LogP contribution in [-0.2, 0) is 4.79 Å². The summed E-state index contributed by atoms with van der Waals surface area (Å²) in [6.45, 7) is 8.24. The molecule has 0 radical (unpaired) electrons. The SMILES string of the molecule is CCC(CC)CC(C(=O)O)C(C)C. The lowest BCUT2D eigenvalue weighted by atomic mass is 9.84. The van der Waals surface area contributed by atoms with E-state index in [1.807, 2.05) is 13.8 Å². The average Bonchev–Trinajstić information content (AvgIpc) is 2.05. The smallest absolute Gasteiger partial charge is 0.306 e. The van der Waals surface area contributed by atoms with Gasteiger partial charge in [0.2, 0.25) is 0 Å². The molecule has 0 fully saturated rings. The van der Waals surface area contributed by atoms with Gasteiger partial charge in [0.05, 0.1) is 5.92 Å². The maximum atomic E-state index is 10.9. The van der Waals surface area contributed by atoms with Crippen molar-refractivity contribution in [3.8, 4) is 0 Å². The van der Waals surface area contributed by atoms with Gasteiger partial charge in [0, 0.05) is 0 Å². The van der Waals surface area contributed by atoms with Gasteiger partial charge in [-0.3, -0.25) is 4.79 Å². The summed E-state index contributed by atoms with van der Waals surface area (Å²) in [5, 5.41) is 8.98. The molecule has 0 aromatic rings. The summed E-state index contributed by atoms with van der Waals surface area (Å²) in [5.74, 6) is 0.0217. The Labute approximate surface area is 81.3 Å². The fourth-order valence-corrected chi connectivity index (χ4v) is 1.64. The van der Waals surface area contributed by atoms with E-state index in [-0.39, 0.29) is 11.8 Å². The van der Waals surface area contributed by atoms with Crippen molar-refractivity contribution in [3.63, 3.8) is 0 Å². The van der Waals surface area contributed by atoms with Crippen LogP contribution < -0.4 is 0 Å². The van der Waals surface area contributed by atoms with Crippen LogP contribution in [0.5, 0.6) is 0 Å². The van der Waals surface area contributed by atoms with Gasteiger partial charge in [0.25, 0.3) is 0 Å². The monoisotopic (exact) mass is 186 g/mol.